The molecule has 1 amide bonds. The highest BCUT2D eigenvalue weighted by Crippen LogP contribution is 2.51. The number of hydrogen-bond donors (Lipinski definition) is 1. The molecule has 1 rings (SSSR count). The van der Waals surface area contributed by atoms with Gasteiger partial charge in [0.05, 0.1) is 24.4 Å². The second-order valence-electron chi connectivity index (χ2n) is 9.06. The smallest absolute Gasteiger partial charge is 0.342 e. The van der Waals surface area contributed by atoms with Crippen molar-refractivity contribution in [3.05, 3.63) is 29.8 Å². The first-order valence-electron chi connectivity index (χ1n) is 11.6. The molecule has 0 aliphatic heterocycles. The van der Waals surface area contributed by atoms with Gasteiger partial charge in [-0.25, -0.2) is 0 Å². The van der Waals surface area contributed by atoms with Crippen LogP contribution in [0.15, 0.2) is 24.3 Å². The zero-order valence-electron chi connectivity index (χ0n) is 21.8. The lowest BCUT2D eigenvalue weighted by atomic mass is 10.2. The van der Waals surface area contributed by atoms with Crippen LogP contribution in [0.1, 0.15) is 61.0 Å². The molecule has 1 aromatic rings. The third kappa shape index (κ3) is 13.4. The molecule has 0 saturated heterocycles. The van der Waals surface area contributed by atoms with Crippen molar-refractivity contribution in [3.8, 4) is 0 Å². The number of carbonyl (C=O) groups excluding carboxylic acids is 2. The fourth-order valence-corrected chi connectivity index (χ4v) is 6.77. The van der Waals surface area contributed by atoms with Gasteiger partial charge >= 0.3 is 21.2 Å². The largest absolute Gasteiger partial charge is 0.460 e. The van der Waals surface area contributed by atoms with Crippen LogP contribution in [-0.4, -0.2) is 48.6 Å². The predicted octanol–water partition coefficient (Wildman–Crippen LogP) is 5.75. The van der Waals surface area contributed by atoms with Crippen LogP contribution in [0.3, 0.4) is 0 Å². The summed E-state index contributed by atoms with van der Waals surface area (Å²) in [6, 6.07) is 6.62. The quantitative estimate of drug-likeness (QED) is 0.220. The number of anilines is 1. The minimum Gasteiger partial charge on any atom is -0.460 e. The summed E-state index contributed by atoms with van der Waals surface area (Å²) in [7, 11) is -7.29. The van der Waals surface area contributed by atoms with Gasteiger partial charge in [-0.1, -0.05) is 12.1 Å². The third-order valence-corrected chi connectivity index (χ3v) is 8.05. The summed E-state index contributed by atoms with van der Waals surface area (Å²) in [5, 5.41) is 2.66. The van der Waals surface area contributed by atoms with Gasteiger partial charge in [0.15, 0.2) is 0 Å². The molecular formula is C23H39NO9P2. The van der Waals surface area contributed by atoms with Crippen LogP contribution >= 0.6 is 15.2 Å². The van der Waals surface area contributed by atoms with E-state index in [2.05, 4.69) is 5.32 Å². The minimum atomic E-state index is -3.66. The summed E-state index contributed by atoms with van der Waals surface area (Å²) in [5.74, 6) is -1.27. The molecule has 0 atom stereocenters. The van der Waals surface area contributed by atoms with E-state index in [9.17, 15) is 18.7 Å². The monoisotopic (exact) mass is 535 g/mol. The first kappa shape index (κ1) is 31.5. The van der Waals surface area contributed by atoms with Crippen LogP contribution in [0.4, 0.5) is 5.69 Å². The van der Waals surface area contributed by atoms with E-state index < -0.39 is 39.4 Å². The summed E-state index contributed by atoms with van der Waals surface area (Å²) >= 11 is 0. The predicted molar refractivity (Wildman–Crippen MR) is 135 cm³/mol. The summed E-state index contributed by atoms with van der Waals surface area (Å²) in [5.41, 5.74) is 1.00. The maximum atomic E-state index is 12.9. The molecule has 0 bridgehead atoms. The average Bonchev–Trinajstić information content (AvgIpc) is 2.62. The molecule has 0 radical (unpaired) electrons. The maximum absolute atomic E-state index is 12.9. The summed E-state index contributed by atoms with van der Waals surface area (Å²) in [4.78, 5) is 24.8. The zero-order chi connectivity index (χ0) is 26.8. The number of benzene rings is 1. The van der Waals surface area contributed by atoms with E-state index in [1.54, 1.807) is 79.7 Å². The van der Waals surface area contributed by atoms with Crippen LogP contribution in [0.2, 0.25) is 0 Å². The second-order valence-corrected chi connectivity index (χ2v) is 13.0. The third-order valence-electron chi connectivity index (χ3n) is 3.76. The zero-order valence-corrected chi connectivity index (χ0v) is 23.6. The molecule has 1 N–H and O–H groups in total. The number of carbonyl (C=O) groups is 2. The van der Waals surface area contributed by atoms with Crippen molar-refractivity contribution < 1.29 is 41.6 Å². The van der Waals surface area contributed by atoms with Crippen LogP contribution < -0.4 is 5.32 Å². The van der Waals surface area contributed by atoms with Gasteiger partial charge in [-0.3, -0.25) is 18.7 Å². The molecule has 1 aromatic carbocycles. The van der Waals surface area contributed by atoms with Crippen molar-refractivity contribution in [1.82, 2.24) is 0 Å². The average molecular weight is 536 g/mol. The highest BCUT2D eigenvalue weighted by Gasteiger charge is 2.32. The number of ether oxygens (including phenoxy) is 1. The lowest BCUT2D eigenvalue weighted by Crippen LogP contribution is -2.20. The Morgan fingerprint density at radius 2 is 1.23 bits per heavy atom. The van der Waals surface area contributed by atoms with Crippen molar-refractivity contribution in [2.75, 3.05) is 17.6 Å². The fraction of sp³-hybridized carbons (Fsp3) is 0.652. The van der Waals surface area contributed by atoms with E-state index in [4.69, 9.17) is 22.8 Å². The Kier molecular flexibility index (Phi) is 12.8. The molecule has 0 aromatic heterocycles. The molecule has 12 heteroatoms. The number of nitrogens with one attached hydrogen (secondary N) is 1. The van der Waals surface area contributed by atoms with Crippen LogP contribution in [0, 0.1) is 0 Å². The second kappa shape index (κ2) is 14.3. The van der Waals surface area contributed by atoms with E-state index in [-0.39, 0.29) is 31.0 Å². The number of rotatable bonds is 15. The molecule has 0 heterocycles. The SMILES string of the molecule is CC(C)OP(=O)(CC(=O)Nc1cccc(COC(=O)CP(=O)(OC(C)C)OC(C)C)c1)OC(C)C. The van der Waals surface area contributed by atoms with Gasteiger partial charge in [0.1, 0.15) is 18.9 Å². The molecule has 0 saturated carbocycles. The molecule has 35 heavy (non-hydrogen) atoms. The highest BCUT2D eigenvalue weighted by molar-refractivity contribution is 7.55. The van der Waals surface area contributed by atoms with E-state index in [1.807, 2.05) is 0 Å². The molecule has 10 nitrogen and oxygen atoms in total. The first-order valence-corrected chi connectivity index (χ1v) is 15.0. The van der Waals surface area contributed by atoms with Gasteiger partial charge in [-0.05, 0) is 73.1 Å². The summed E-state index contributed by atoms with van der Waals surface area (Å²) in [6.45, 7) is 13.5. The van der Waals surface area contributed by atoms with Gasteiger partial charge < -0.3 is 28.1 Å². The molecule has 0 unspecified atom stereocenters. The Morgan fingerprint density at radius 3 is 1.69 bits per heavy atom. The van der Waals surface area contributed by atoms with Crippen LogP contribution in [-0.2, 0) is 48.2 Å². The van der Waals surface area contributed by atoms with Crippen molar-refractivity contribution in [1.29, 1.82) is 0 Å². The Bertz CT molecular complexity index is 903. The number of amides is 1. The van der Waals surface area contributed by atoms with Gasteiger partial charge in [0.2, 0.25) is 5.91 Å². The Balaban J connectivity index is 2.76. The summed E-state index contributed by atoms with van der Waals surface area (Å²) < 4.78 is 52.5. The topological polar surface area (TPSA) is 126 Å². The first-order chi connectivity index (χ1) is 16.1. The van der Waals surface area contributed by atoms with E-state index in [1.165, 1.54) is 0 Å². The highest BCUT2D eigenvalue weighted by atomic mass is 31.2. The fourth-order valence-electron chi connectivity index (χ4n) is 2.97. The van der Waals surface area contributed by atoms with Crippen molar-refractivity contribution in [2.24, 2.45) is 0 Å². The molecule has 0 aliphatic carbocycles. The number of hydrogen-bond acceptors (Lipinski definition) is 9. The maximum Gasteiger partial charge on any atom is 0.342 e. The van der Waals surface area contributed by atoms with Crippen molar-refractivity contribution in [3.63, 3.8) is 0 Å². The number of esters is 1. The van der Waals surface area contributed by atoms with Gasteiger partial charge in [0, 0.05) is 5.69 Å². The minimum absolute atomic E-state index is 0.114. The van der Waals surface area contributed by atoms with Gasteiger partial charge in [0.25, 0.3) is 0 Å². The molecule has 0 aliphatic rings. The van der Waals surface area contributed by atoms with Gasteiger partial charge in [-0.2, -0.15) is 0 Å². The van der Waals surface area contributed by atoms with E-state index in [0.717, 1.165) is 0 Å². The van der Waals surface area contributed by atoms with Crippen LogP contribution in [0.5, 0.6) is 0 Å². The molecular weight excluding hydrogens is 496 g/mol. The Morgan fingerprint density at radius 1 is 0.771 bits per heavy atom. The molecule has 200 valence electrons. The van der Waals surface area contributed by atoms with Crippen molar-refractivity contribution in [2.45, 2.75) is 86.4 Å². The van der Waals surface area contributed by atoms with Gasteiger partial charge in [-0.15, -0.1) is 0 Å². The van der Waals surface area contributed by atoms with E-state index in [0.29, 0.717) is 11.3 Å². The normalized spacial score (nSPS) is 12.6. The summed E-state index contributed by atoms with van der Waals surface area (Å²) in [6.07, 6.45) is -2.49. The standard InChI is InChI=1S/C23H39NO9P2/c1-16(2)30-34(27,31-17(3)4)14-22(25)24-21-11-9-10-20(12-21)13-29-23(26)15-35(28,32-18(5)6)33-19(7)8/h9-12,16-19H,13-15H2,1-8H3,(H,24,25). The van der Waals surface area contributed by atoms with Crippen molar-refractivity contribution >= 4 is 32.8 Å². The molecule has 0 fully saturated rings. The molecule has 0 spiro atoms. The Hall–Kier alpha value is -1.54. The van der Waals surface area contributed by atoms with Crippen LogP contribution in [0.25, 0.3) is 0 Å². The lowest BCUT2D eigenvalue weighted by Gasteiger charge is -2.22. The Labute approximate surface area is 208 Å². The van der Waals surface area contributed by atoms with E-state index >= 15 is 0 Å². The lowest BCUT2D eigenvalue weighted by molar-refractivity contribution is -0.142.